The lowest BCUT2D eigenvalue weighted by Crippen LogP contribution is -2.45. The Labute approximate surface area is 303 Å². The molecule has 9 nitrogen and oxygen atoms in total. The zero-order chi connectivity index (χ0) is 36.4. The minimum Gasteiger partial charge on any atom is -0.454 e. The van der Waals surface area contributed by atoms with Crippen molar-refractivity contribution in [2.45, 2.75) is 69.1 Å². The number of nitrogens with zero attached hydrogens (tertiary/aromatic N) is 3. The number of aliphatic hydroxyl groups is 1. The molecule has 0 radical (unpaired) electrons. The predicted molar refractivity (Wildman–Crippen MR) is 198 cm³/mol. The van der Waals surface area contributed by atoms with Crippen LogP contribution in [-0.4, -0.2) is 61.4 Å². The lowest BCUT2D eigenvalue weighted by atomic mass is 9.82. The molecule has 3 amide bonds. The first-order valence-corrected chi connectivity index (χ1v) is 21.0. The minimum absolute atomic E-state index is 0.0433. The van der Waals surface area contributed by atoms with E-state index in [2.05, 4.69) is 0 Å². The van der Waals surface area contributed by atoms with E-state index in [1.807, 2.05) is 91.9 Å². The summed E-state index contributed by atoms with van der Waals surface area (Å²) >= 11 is 0. The Morgan fingerprint density at radius 2 is 1.60 bits per heavy atom. The van der Waals surface area contributed by atoms with Crippen LogP contribution in [0.2, 0.25) is 18.6 Å². The van der Waals surface area contributed by atoms with Gasteiger partial charge in [0.25, 0.3) is 11.8 Å². The Hall–Kier alpha value is -4.84. The number of likely N-dealkylation sites (tertiary alicyclic amines) is 1. The average molecular weight is 720 g/mol. The molecule has 4 heterocycles. The zero-order valence-electron chi connectivity index (χ0n) is 29.5. The van der Waals surface area contributed by atoms with Gasteiger partial charge in [-0.05, 0) is 74.0 Å². The zero-order valence-corrected chi connectivity index (χ0v) is 30.5. The van der Waals surface area contributed by atoms with Crippen LogP contribution in [0.25, 0.3) is 0 Å². The maximum atomic E-state index is 16.3. The number of ether oxygens (including phenoxy) is 2. The third kappa shape index (κ3) is 5.45. The first-order valence-electron chi connectivity index (χ1n) is 18.0. The van der Waals surface area contributed by atoms with Gasteiger partial charge in [0, 0.05) is 29.3 Å². The highest BCUT2D eigenvalue weighted by Gasteiger charge is 2.67. The quantitative estimate of drug-likeness (QED) is 0.157. The van der Waals surface area contributed by atoms with Crippen molar-refractivity contribution in [2.24, 2.45) is 5.92 Å². The van der Waals surface area contributed by atoms with Crippen molar-refractivity contribution in [3.63, 3.8) is 0 Å². The van der Waals surface area contributed by atoms with Crippen molar-refractivity contribution in [3.8, 4) is 11.5 Å². The Kier molecular flexibility index (Phi) is 8.55. The lowest BCUT2D eigenvalue weighted by Gasteiger charge is -2.31. The third-order valence-corrected chi connectivity index (χ3v) is 13.8. The molecule has 0 bridgehead atoms. The van der Waals surface area contributed by atoms with Crippen molar-refractivity contribution in [1.29, 1.82) is 0 Å². The SMILES string of the molecule is C[C@@H]1[C@@H]([Si](C)(C)F)[C@H](CC(=O)N2CCC[C@H]2CO)O[C@@]12C(=O)N(Cc1ccc(N3C(=O)c4ccccc4Oc4ccccc43)cc1)c1ccccc12. The monoisotopic (exact) mass is 719 g/mol. The van der Waals surface area contributed by atoms with Gasteiger partial charge in [-0.15, -0.1) is 0 Å². The number of para-hydroxylation sites is 4. The maximum Gasteiger partial charge on any atom is 0.266 e. The molecule has 1 N–H and O–H groups in total. The van der Waals surface area contributed by atoms with Crippen LogP contribution >= 0.6 is 0 Å². The molecule has 0 unspecified atom stereocenters. The molecule has 268 valence electrons. The topological polar surface area (TPSA) is 99.6 Å². The second kappa shape index (κ2) is 13.0. The van der Waals surface area contributed by atoms with Crippen molar-refractivity contribution < 1.29 is 33.1 Å². The number of benzene rings is 4. The summed E-state index contributed by atoms with van der Waals surface area (Å²) in [5.41, 5.74) is 1.86. The second-order valence-electron chi connectivity index (χ2n) is 14.8. The van der Waals surface area contributed by atoms with Crippen LogP contribution in [0.5, 0.6) is 11.5 Å². The van der Waals surface area contributed by atoms with Gasteiger partial charge in [0.1, 0.15) is 5.75 Å². The number of aliphatic hydroxyl groups excluding tert-OH is 1. The van der Waals surface area contributed by atoms with Crippen LogP contribution in [0.4, 0.5) is 21.2 Å². The van der Waals surface area contributed by atoms with Crippen molar-refractivity contribution in [2.75, 3.05) is 23.0 Å². The molecule has 52 heavy (non-hydrogen) atoms. The molecule has 5 atom stereocenters. The van der Waals surface area contributed by atoms with Crippen LogP contribution < -0.4 is 14.5 Å². The standard InChI is InChI=1S/C41H42FN3O6Si/c1-26-38(52(2,3)42)36(23-37(47)43-22-10-11-29(43)25-46)51-41(26)31-13-5-6-14-32(31)44(40(41)49)24-27-18-20-28(21-19-27)45-33-15-7-9-17-35(33)50-34-16-8-4-12-30(34)39(45)48/h4-9,12-21,26,29,36,38,46H,10-11,22-25H2,1-3H3/t26-,29+,36+,38-,41+/m1/s1. The molecule has 2 saturated heterocycles. The van der Waals surface area contributed by atoms with Crippen molar-refractivity contribution >= 4 is 43.2 Å². The van der Waals surface area contributed by atoms with Gasteiger partial charge in [-0.3, -0.25) is 19.3 Å². The second-order valence-corrected chi connectivity index (χ2v) is 18.6. The molecule has 11 heteroatoms. The Balaban J connectivity index is 1.10. The summed E-state index contributed by atoms with van der Waals surface area (Å²) in [5.74, 6) is -0.144. The van der Waals surface area contributed by atoms with Gasteiger partial charge < -0.3 is 28.5 Å². The van der Waals surface area contributed by atoms with Crippen LogP contribution in [-0.2, 0) is 26.5 Å². The van der Waals surface area contributed by atoms with Gasteiger partial charge in [-0.1, -0.05) is 61.5 Å². The molecule has 1 spiro atoms. The number of carbonyl (C=O) groups excluding carboxylic acids is 3. The van der Waals surface area contributed by atoms with Crippen LogP contribution in [0.1, 0.15) is 47.7 Å². The fourth-order valence-corrected chi connectivity index (χ4v) is 11.5. The number of hydrogen-bond donors (Lipinski definition) is 1. The Bertz CT molecular complexity index is 2050. The van der Waals surface area contributed by atoms with Gasteiger partial charge in [-0.2, -0.15) is 0 Å². The fraction of sp³-hybridized carbons (Fsp3) is 0.341. The Morgan fingerprint density at radius 3 is 2.33 bits per heavy atom. The first-order chi connectivity index (χ1) is 25.0. The number of hydrogen-bond acceptors (Lipinski definition) is 6. The fourth-order valence-electron chi connectivity index (χ4n) is 9.00. The van der Waals surface area contributed by atoms with E-state index in [1.54, 1.807) is 39.9 Å². The molecule has 4 aromatic rings. The highest BCUT2D eigenvalue weighted by Crippen LogP contribution is 2.60. The van der Waals surface area contributed by atoms with Crippen LogP contribution in [0, 0.1) is 5.92 Å². The molecular weight excluding hydrogens is 678 g/mol. The number of carbonyl (C=O) groups is 3. The lowest BCUT2D eigenvalue weighted by molar-refractivity contribution is -0.150. The van der Waals surface area contributed by atoms with Crippen LogP contribution in [0.15, 0.2) is 97.1 Å². The number of fused-ring (bicyclic) bond motifs is 4. The van der Waals surface area contributed by atoms with Gasteiger partial charge in [0.15, 0.2) is 11.4 Å². The van der Waals surface area contributed by atoms with E-state index in [0.717, 1.165) is 18.4 Å². The molecule has 2 fully saturated rings. The van der Waals surface area contributed by atoms with E-state index in [0.29, 0.717) is 46.2 Å². The van der Waals surface area contributed by atoms with Gasteiger partial charge >= 0.3 is 0 Å². The molecule has 4 aliphatic heterocycles. The third-order valence-electron chi connectivity index (χ3n) is 11.3. The number of rotatable bonds is 7. The Morgan fingerprint density at radius 1 is 0.923 bits per heavy atom. The molecule has 8 rings (SSSR count). The molecule has 0 aliphatic carbocycles. The van der Waals surface area contributed by atoms with Crippen molar-refractivity contribution in [3.05, 3.63) is 114 Å². The molecule has 4 aliphatic rings. The predicted octanol–water partition coefficient (Wildman–Crippen LogP) is 7.47. The highest BCUT2D eigenvalue weighted by molar-refractivity contribution is 6.72. The summed E-state index contributed by atoms with van der Waals surface area (Å²) in [5, 5.41) is 9.86. The smallest absolute Gasteiger partial charge is 0.266 e. The largest absolute Gasteiger partial charge is 0.454 e. The summed E-state index contributed by atoms with van der Waals surface area (Å²) in [6.45, 7) is 5.80. The summed E-state index contributed by atoms with van der Waals surface area (Å²) in [7, 11) is -3.46. The number of halogens is 1. The molecule has 0 saturated carbocycles. The number of amides is 3. The first kappa shape index (κ1) is 34.3. The van der Waals surface area contributed by atoms with E-state index in [-0.39, 0.29) is 43.3 Å². The summed E-state index contributed by atoms with van der Waals surface area (Å²) in [6, 6.07) is 29.4. The molecule has 4 aromatic carbocycles. The number of anilines is 3. The van der Waals surface area contributed by atoms with Gasteiger partial charge in [0.2, 0.25) is 14.3 Å². The summed E-state index contributed by atoms with van der Waals surface area (Å²) in [6.07, 6.45) is 0.709. The normalized spacial score (nSPS) is 25.2. The van der Waals surface area contributed by atoms with E-state index >= 15 is 4.11 Å². The van der Waals surface area contributed by atoms with E-state index in [9.17, 15) is 19.5 Å². The van der Waals surface area contributed by atoms with Gasteiger partial charge in [-0.25, -0.2) is 0 Å². The average Bonchev–Trinajstić information content (AvgIpc) is 3.77. The van der Waals surface area contributed by atoms with E-state index in [1.165, 1.54) is 0 Å². The van der Waals surface area contributed by atoms with E-state index < -0.39 is 31.6 Å². The highest BCUT2D eigenvalue weighted by atomic mass is 28.4. The summed E-state index contributed by atoms with van der Waals surface area (Å²) < 4.78 is 29.2. The van der Waals surface area contributed by atoms with Gasteiger partial charge in [0.05, 0.1) is 48.7 Å². The van der Waals surface area contributed by atoms with Crippen molar-refractivity contribution in [1.82, 2.24) is 4.90 Å². The van der Waals surface area contributed by atoms with Crippen LogP contribution in [0.3, 0.4) is 0 Å². The minimum atomic E-state index is -3.46. The molecule has 0 aromatic heterocycles. The maximum absolute atomic E-state index is 16.3. The summed E-state index contributed by atoms with van der Waals surface area (Å²) in [4.78, 5) is 47.4. The molecular formula is C41H42FN3O6Si. The van der Waals surface area contributed by atoms with E-state index in [4.69, 9.17) is 9.47 Å².